The minimum atomic E-state index is -0.320. The first-order valence-corrected chi connectivity index (χ1v) is 8.88. The normalized spacial score (nSPS) is 19.9. The number of nitrogens with zero attached hydrogens (tertiary/aromatic N) is 2. The van der Waals surface area contributed by atoms with E-state index in [0.717, 1.165) is 53.8 Å². The Morgan fingerprint density at radius 1 is 1.32 bits per heavy atom. The van der Waals surface area contributed by atoms with Crippen LogP contribution in [0.5, 0.6) is 5.75 Å². The average molecular weight is 341 g/mol. The molecule has 0 spiro atoms. The molecule has 1 saturated carbocycles. The van der Waals surface area contributed by atoms with E-state index in [2.05, 4.69) is 17.1 Å². The summed E-state index contributed by atoms with van der Waals surface area (Å²) < 4.78 is 11.4. The van der Waals surface area contributed by atoms with Crippen LogP contribution in [-0.2, 0) is 11.2 Å². The number of methoxy groups -OCH3 is 1. The number of carbonyl (C=O) groups excluding carboxylic acids is 1. The summed E-state index contributed by atoms with van der Waals surface area (Å²) in [5.41, 5.74) is 4.01. The molecular weight excluding hydrogens is 318 g/mol. The molecule has 25 heavy (non-hydrogen) atoms. The number of hydrogen-bond acceptors (Lipinski definition) is 4. The Hall–Kier alpha value is -2.50. The fourth-order valence-corrected chi connectivity index (χ4v) is 3.60. The number of fused-ring (bicyclic) bond motifs is 1. The Morgan fingerprint density at radius 2 is 2.16 bits per heavy atom. The van der Waals surface area contributed by atoms with Crippen molar-refractivity contribution in [1.29, 1.82) is 0 Å². The lowest BCUT2D eigenvalue weighted by atomic mass is 9.91. The van der Waals surface area contributed by atoms with E-state index in [9.17, 15) is 4.79 Å². The molecule has 1 fully saturated rings. The average Bonchev–Trinajstić information content (AvgIpc) is 3.11. The van der Waals surface area contributed by atoms with Crippen LogP contribution in [0.1, 0.15) is 38.2 Å². The molecule has 132 valence electrons. The largest absolute Gasteiger partial charge is 0.489 e. The number of ether oxygens (including phenoxy) is 2. The van der Waals surface area contributed by atoms with Crippen LogP contribution in [0, 0.1) is 0 Å². The molecule has 6 nitrogen and oxygen atoms in total. The summed E-state index contributed by atoms with van der Waals surface area (Å²) >= 11 is 0. The molecule has 1 atom stereocenters. The Morgan fingerprint density at radius 3 is 2.80 bits per heavy atom. The lowest BCUT2D eigenvalue weighted by Gasteiger charge is -2.36. The van der Waals surface area contributed by atoms with Gasteiger partial charge in [0.15, 0.2) is 0 Å². The molecule has 2 aliphatic rings. The molecule has 2 heterocycles. The Kier molecular flexibility index (Phi) is 4.11. The van der Waals surface area contributed by atoms with Gasteiger partial charge in [-0.25, -0.2) is 4.79 Å². The van der Waals surface area contributed by atoms with E-state index < -0.39 is 0 Å². The van der Waals surface area contributed by atoms with Gasteiger partial charge in [0.05, 0.1) is 25.1 Å². The van der Waals surface area contributed by atoms with Gasteiger partial charge in [0.1, 0.15) is 5.75 Å². The number of anilines is 1. The summed E-state index contributed by atoms with van der Waals surface area (Å²) in [4.78, 5) is 14.0. The van der Waals surface area contributed by atoms with Crippen LogP contribution in [0.25, 0.3) is 11.1 Å². The van der Waals surface area contributed by atoms with Crippen LogP contribution in [-0.4, -0.2) is 35.5 Å². The van der Waals surface area contributed by atoms with Gasteiger partial charge >= 0.3 is 6.09 Å². The van der Waals surface area contributed by atoms with Gasteiger partial charge in [0.2, 0.25) is 0 Å². The summed E-state index contributed by atoms with van der Waals surface area (Å²) in [5, 5.41) is 6.94. The van der Waals surface area contributed by atoms with Gasteiger partial charge in [0, 0.05) is 28.9 Å². The van der Waals surface area contributed by atoms with Gasteiger partial charge < -0.3 is 9.47 Å². The zero-order valence-electron chi connectivity index (χ0n) is 14.6. The number of hydrogen-bond donors (Lipinski definition) is 1. The Bertz CT molecular complexity index is 768. The molecule has 4 rings (SSSR count). The molecular formula is C19H23N3O3. The zero-order valence-corrected chi connectivity index (χ0v) is 14.6. The van der Waals surface area contributed by atoms with Crippen molar-refractivity contribution in [2.24, 2.45) is 0 Å². The van der Waals surface area contributed by atoms with Crippen LogP contribution in [0.3, 0.4) is 0 Å². The maximum atomic E-state index is 12.3. The first-order chi connectivity index (χ1) is 12.2. The van der Waals surface area contributed by atoms with Crippen molar-refractivity contribution in [1.82, 2.24) is 10.2 Å². The quantitative estimate of drug-likeness (QED) is 0.919. The number of amides is 1. The van der Waals surface area contributed by atoms with Crippen molar-refractivity contribution < 1.29 is 14.3 Å². The molecule has 1 amide bonds. The van der Waals surface area contributed by atoms with E-state index in [1.54, 1.807) is 11.1 Å². The fourth-order valence-electron chi connectivity index (χ4n) is 3.60. The Balaban J connectivity index is 1.83. The maximum Gasteiger partial charge on any atom is 0.414 e. The molecule has 0 radical (unpaired) electrons. The standard InChI is InChI=1S/C19H23N3O3/c1-12-6-7-16-17(22(12)19(23)24-2)9-8-15(13-10-20-21-11-13)18(16)25-14-4-3-5-14/h8-12,14H,3-7H2,1-2H3,(H,20,21). The highest BCUT2D eigenvalue weighted by atomic mass is 16.5. The second-order valence-corrected chi connectivity index (χ2v) is 6.83. The highest BCUT2D eigenvalue weighted by Crippen LogP contribution is 2.44. The molecule has 1 aliphatic carbocycles. The monoisotopic (exact) mass is 341 g/mol. The van der Waals surface area contributed by atoms with Crippen LogP contribution >= 0.6 is 0 Å². The molecule has 1 unspecified atom stereocenters. The van der Waals surface area contributed by atoms with Gasteiger partial charge in [0.25, 0.3) is 0 Å². The summed E-state index contributed by atoms with van der Waals surface area (Å²) in [6, 6.07) is 4.13. The van der Waals surface area contributed by atoms with Gasteiger partial charge in [-0.1, -0.05) is 0 Å². The Labute approximate surface area is 147 Å². The van der Waals surface area contributed by atoms with E-state index >= 15 is 0 Å². The van der Waals surface area contributed by atoms with Crippen molar-refractivity contribution in [3.05, 3.63) is 30.1 Å². The lowest BCUT2D eigenvalue weighted by molar-refractivity contribution is 0.119. The number of aromatic amines is 1. The van der Waals surface area contributed by atoms with Gasteiger partial charge in [-0.2, -0.15) is 5.10 Å². The second-order valence-electron chi connectivity index (χ2n) is 6.83. The summed E-state index contributed by atoms with van der Waals surface area (Å²) in [6.45, 7) is 2.05. The van der Waals surface area contributed by atoms with Crippen molar-refractivity contribution in [2.75, 3.05) is 12.0 Å². The maximum absolute atomic E-state index is 12.3. The third kappa shape index (κ3) is 2.75. The minimum absolute atomic E-state index is 0.108. The first kappa shape index (κ1) is 16.0. The highest BCUT2D eigenvalue weighted by molar-refractivity contribution is 5.92. The first-order valence-electron chi connectivity index (χ1n) is 8.88. The smallest absolute Gasteiger partial charge is 0.414 e. The molecule has 0 saturated heterocycles. The van der Waals surface area contributed by atoms with E-state index in [0.29, 0.717) is 0 Å². The third-order valence-electron chi connectivity index (χ3n) is 5.27. The van der Waals surface area contributed by atoms with E-state index in [1.165, 1.54) is 13.5 Å². The van der Waals surface area contributed by atoms with Gasteiger partial charge in [-0.05, 0) is 51.2 Å². The molecule has 0 bridgehead atoms. The highest BCUT2D eigenvalue weighted by Gasteiger charge is 2.33. The number of carbonyl (C=O) groups is 1. The van der Waals surface area contributed by atoms with Crippen LogP contribution in [0.4, 0.5) is 10.5 Å². The van der Waals surface area contributed by atoms with Crippen molar-refractivity contribution in [2.45, 2.75) is 51.2 Å². The lowest BCUT2D eigenvalue weighted by Crippen LogP contribution is -2.42. The molecule has 1 aliphatic heterocycles. The minimum Gasteiger partial charge on any atom is -0.489 e. The summed E-state index contributed by atoms with van der Waals surface area (Å²) in [5.74, 6) is 0.893. The van der Waals surface area contributed by atoms with Crippen molar-refractivity contribution in [3.8, 4) is 16.9 Å². The third-order valence-corrected chi connectivity index (χ3v) is 5.27. The van der Waals surface area contributed by atoms with Crippen LogP contribution < -0.4 is 9.64 Å². The molecule has 2 aromatic rings. The predicted molar refractivity (Wildman–Crippen MR) is 95.0 cm³/mol. The number of rotatable bonds is 3. The summed E-state index contributed by atoms with van der Waals surface area (Å²) in [7, 11) is 1.43. The summed E-state index contributed by atoms with van der Waals surface area (Å²) in [6.07, 6.45) is 8.79. The van der Waals surface area contributed by atoms with E-state index in [4.69, 9.17) is 9.47 Å². The SMILES string of the molecule is COC(=O)N1c2ccc(-c3cn[nH]c3)c(OC3CCC3)c2CCC1C. The number of aromatic nitrogens is 2. The van der Waals surface area contributed by atoms with Gasteiger partial charge in [-0.3, -0.25) is 10.00 Å². The number of benzene rings is 1. The molecule has 1 N–H and O–H groups in total. The van der Waals surface area contributed by atoms with Crippen LogP contribution in [0.2, 0.25) is 0 Å². The van der Waals surface area contributed by atoms with Crippen molar-refractivity contribution in [3.63, 3.8) is 0 Å². The number of H-pyrrole nitrogens is 1. The number of nitrogens with one attached hydrogen (secondary N) is 1. The fraction of sp³-hybridized carbons (Fsp3) is 0.474. The molecule has 1 aromatic heterocycles. The molecule has 6 heteroatoms. The second kappa shape index (κ2) is 6.43. The van der Waals surface area contributed by atoms with Crippen LogP contribution in [0.15, 0.2) is 24.5 Å². The molecule has 1 aromatic carbocycles. The van der Waals surface area contributed by atoms with E-state index in [-0.39, 0.29) is 18.2 Å². The van der Waals surface area contributed by atoms with E-state index in [1.807, 2.05) is 18.3 Å². The van der Waals surface area contributed by atoms with Crippen molar-refractivity contribution >= 4 is 11.8 Å². The zero-order chi connectivity index (χ0) is 17.4. The van der Waals surface area contributed by atoms with Gasteiger partial charge in [-0.15, -0.1) is 0 Å². The predicted octanol–water partition coefficient (Wildman–Crippen LogP) is 3.92. The topological polar surface area (TPSA) is 67.5 Å².